The van der Waals surface area contributed by atoms with Gasteiger partial charge >= 0.3 is 0 Å². The molecule has 2 heterocycles. The standard InChI is InChI=1S/C22H21N5O2/c1-28-20-9-7-17(8-10-20)15-18(16-23)21-24-25-22(26-11-13-29-14-12-26)27(21)19-5-3-2-4-6-19/h2-10,15H,11-14H2,1H3/b18-15+. The van der Waals surface area contributed by atoms with E-state index in [1.165, 1.54) is 0 Å². The second-order valence-corrected chi connectivity index (χ2v) is 6.54. The van der Waals surface area contributed by atoms with Crippen LogP contribution in [0.15, 0.2) is 54.6 Å². The summed E-state index contributed by atoms with van der Waals surface area (Å²) in [6.45, 7) is 2.75. The van der Waals surface area contributed by atoms with Crippen LogP contribution in [0, 0.1) is 11.3 Å². The van der Waals surface area contributed by atoms with Crippen molar-refractivity contribution in [1.29, 1.82) is 5.26 Å². The fourth-order valence-corrected chi connectivity index (χ4v) is 3.25. The summed E-state index contributed by atoms with van der Waals surface area (Å²) in [6, 6.07) is 19.7. The van der Waals surface area contributed by atoms with E-state index >= 15 is 0 Å². The number of rotatable bonds is 5. The maximum Gasteiger partial charge on any atom is 0.232 e. The van der Waals surface area contributed by atoms with Gasteiger partial charge in [-0.2, -0.15) is 5.26 Å². The summed E-state index contributed by atoms with van der Waals surface area (Å²) < 4.78 is 12.6. The van der Waals surface area contributed by atoms with E-state index in [0.29, 0.717) is 30.6 Å². The number of hydrogen-bond acceptors (Lipinski definition) is 6. The minimum absolute atomic E-state index is 0.436. The molecule has 0 atom stereocenters. The number of para-hydroxylation sites is 1. The third-order valence-corrected chi connectivity index (χ3v) is 4.74. The highest BCUT2D eigenvalue weighted by molar-refractivity contribution is 5.88. The van der Waals surface area contributed by atoms with Gasteiger partial charge in [-0.3, -0.25) is 4.57 Å². The quantitative estimate of drug-likeness (QED) is 0.626. The minimum atomic E-state index is 0.436. The third kappa shape index (κ3) is 3.98. The fraction of sp³-hybridized carbons (Fsp3) is 0.227. The number of methoxy groups -OCH3 is 1. The second-order valence-electron chi connectivity index (χ2n) is 6.54. The first-order valence-corrected chi connectivity index (χ1v) is 9.40. The Labute approximate surface area is 169 Å². The monoisotopic (exact) mass is 387 g/mol. The number of nitriles is 1. The number of nitrogens with zero attached hydrogens (tertiary/aromatic N) is 5. The number of ether oxygens (including phenoxy) is 2. The summed E-state index contributed by atoms with van der Waals surface area (Å²) >= 11 is 0. The molecule has 1 fully saturated rings. The van der Waals surface area contributed by atoms with Gasteiger partial charge in [-0.15, -0.1) is 10.2 Å². The highest BCUT2D eigenvalue weighted by atomic mass is 16.5. The van der Waals surface area contributed by atoms with Crippen LogP contribution in [0.4, 0.5) is 5.95 Å². The third-order valence-electron chi connectivity index (χ3n) is 4.74. The molecule has 0 aliphatic carbocycles. The van der Waals surface area contributed by atoms with Crippen molar-refractivity contribution >= 4 is 17.6 Å². The maximum absolute atomic E-state index is 9.87. The Morgan fingerprint density at radius 2 is 1.79 bits per heavy atom. The highest BCUT2D eigenvalue weighted by Gasteiger charge is 2.23. The first-order chi connectivity index (χ1) is 14.3. The molecule has 0 N–H and O–H groups in total. The molecule has 1 saturated heterocycles. The molecule has 3 aromatic rings. The van der Waals surface area contributed by atoms with Gasteiger partial charge in [-0.25, -0.2) is 0 Å². The molecule has 0 spiro atoms. The normalized spacial score (nSPS) is 14.5. The smallest absolute Gasteiger partial charge is 0.232 e. The van der Waals surface area contributed by atoms with E-state index < -0.39 is 0 Å². The van der Waals surface area contributed by atoms with Gasteiger partial charge < -0.3 is 14.4 Å². The van der Waals surface area contributed by atoms with Crippen molar-refractivity contribution < 1.29 is 9.47 Å². The Morgan fingerprint density at radius 1 is 1.07 bits per heavy atom. The van der Waals surface area contributed by atoms with E-state index in [1.54, 1.807) is 7.11 Å². The van der Waals surface area contributed by atoms with Crippen LogP contribution in [0.3, 0.4) is 0 Å². The zero-order chi connectivity index (χ0) is 20.1. The molecule has 1 aliphatic rings. The predicted octanol–water partition coefficient (Wildman–Crippen LogP) is 3.18. The van der Waals surface area contributed by atoms with Crippen LogP contribution in [0.5, 0.6) is 5.75 Å². The zero-order valence-electron chi connectivity index (χ0n) is 16.2. The summed E-state index contributed by atoms with van der Waals surface area (Å²) in [5.41, 5.74) is 2.23. The van der Waals surface area contributed by atoms with E-state index in [0.717, 1.165) is 30.1 Å². The van der Waals surface area contributed by atoms with E-state index in [2.05, 4.69) is 21.2 Å². The van der Waals surface area contributed by atoms with Crippen molar-refractivity contribution in [1.82, 2.24) is 14.8 Å². The van der Waals surface area contributed by atoms with E-state index in [4.69, 9.17) is 9.47 Å². The number of benzene rings is 2. The van der Waals surface area contributed by atoms with Gasteiger partial charge in [0.15, 0.2) is 5.82 Å². The number of hydrogen-bond donors (Lipinski definition) is 0. The molecule has 7 nitrogen and oxygen atoms in total. The number of aromatic nitrogens is 3. The lowest BCUT2D eigenvalue weighted by Gasteiger charge is -2.28. The number of morpholine rings is 1. The predicted molar refractivity (Wildman–Crippen MR) is 111 cm³/mol. The van der Waals surface area contributed by atoms with Gasteiger partial charge in [0.1, 0.15) is 11.8 Å². The van der Waals surface area contributed by atoms with Crippen LogP contribution in [0.2, 0.25) is 0 Å². The van der Waals surface area contributed by atoms with Crippen molar-refractivity contribution in [3.8, 4) is 17.5 Å². The molecule has 146 valence electrons. The lowest BCUT2D eigenvalue weighted by Crippen LogP contribution is -2.38. The van der Waals surface area contributed by atoms with Gasteiger partial charge in [-0.05, 0) is 35.9 Å². The Balaban J connectivity index is 1.80. The summed E-state index contributed by atoms with van der Waals surface area (Å²) in [5, 5.41) is 18.7. The molecule has 0 saturated carbocycles. The molecule has 7 heteroatoms. The molecular weight excluding hydrogens is 366 g/mol. The lowest BCUT2D eigenvalue weighted by molar-refractivity contribution is 0.122. The minimum Gasteiger partial charge on any atom is -0.497 e. The zero-order valence-corrected chi connectivity index (χ0v) is 16.2. The van der Waals surface area contributed by atoms with Crippen molar-refractivity contribution in [3.05, 3.63) is 66.0 Å². The molecular formula is C22H21N5O2. The van der Waals surface area contributed by atoms with Crippen molar-refractivity contribution in [2.45, 2.75) is 0 Å². The van der Waals surface area contributed by atoms with Gasteiger partial charge in [0.05, 0.1) is 31.6 Å². The van der Waals surface area contributed by atoms with Crippen LogP contribution in [-0.4, -0.2) is 48.2 Å². The molecule has 2 aromatic carbocycles. The summed E-state index contributed by atoms with van der Waals surface area (Å²) in [5.74, 6) is 1.99. The van der Waals surface area contributed by atoms with Crippen LogP contribution < -0.4 is 9.64 Å². The van der Waals surface area contributed by atoms with Crippen LogP contribution in [-0.2, 0) is 4.74 Å². The molecule has 4 rings (SSSR count). The van der Waals surface area contributed by atoms with Crippen LogP contribution >= 0.6 is 0 Å². The molecule has 29 heavy (non-hydrogen) atoms. The topological polar surface area (TPSA) is 76.2 Å². The Morgan fingerprint density at radius 3 is 2.45 bits per heavy atom. The number of anilines is 1. The molecule has 1 aliphatic heterocycles. The average molecular weight is 387 g/mol. The molecule has 0 amide bonds. The number of allylic oxidation sites excluding steroid dienone is 1. The van der Waals surface area contributed by atoms with Gasteiger partial charge in [0, 0.05) is 13.1 Å². The summed E-state index contributed by atoms with van der Waals surface area (Å²) in [7, 11) is 1.63. The van der Waals surface area contributed by atoms with Gasteiger partial charge in [0.25, 0.3) is 0 Å². The first kappa shape index (κ1) is 18.7. The molecule has 1 aromatic heterocycles. The van der Waals surface area contributed by atoms with Crippen LogP contribution in [0.25, 0.3) is 17.3 Å². The van der Waals surface area contributed by atoms with E-state index in [9.17, 15) is 5.26 Å². The van der Waals surface area contributed by atoms with Crippen molar-refractivity contribution in [2.75, 3.05) is 38.3 Å². The van der Waals surface area contributed by atoms with Gasteiger partial charge in [-0.1, -0.05) is 30.3 Å². The summed E-state index contributed by atoms with van der Waals surface area (Å²) in [6.07, 6.45) is 1.81. The van der Waals surface area contributed by atoms with E-state index in [1.807, 2.05) is 65.2 Å². The maximum atomic E-state index is 9.87. The first-order valence-electron chi connectivity index (χ1n) is 9.40. The fourth-order valence-electron chi connectivity index (χ4n) is 3.25. The second kappa shape index (κ2) is 8.59. The molecule has 0 radical (unpaired) electrons. The molecule has 0 unspecified atom stereocenters. The van der Waals surface area contributed by atoms with Gasteiger partial charge in [0.2, 0.25) is 5.95 Å². The van der Waals surface area contributed by atoms with Crippen molar-refractivity contribution in [3.63, 3.8) is 0 Å². The lowest BCUT2D eigenvalue weighted by atomic mass is 10.1. The largest absolute Gasteiger partial charge is 0.497 e. The Kier molecular flexibility index (Phi) is 5.54. The Hall–Kier alpha value is -3.63. The summed E-state index contributed by atoms with van der Waals surface area (Å²) in [4.78, 5) is 2.13. The highest BCUT2D eigenvalue weighted by Crippen LogP contribution is 2.26. The van der Waals surface area contributed by atoms with E-state index in [-0.39, 0.29) is 0 Å². The SMILES string of the molecule is COc1ccc(/C=C(\C#N)c2nnc(N3CCOCC3)n2-c2ccccc2)cc1. The Bertz CT molecular complexity index is 1030. The average Bonchev–Trinajstić information content (AvgIpc) is 3.24. The van der Waals surface area contributed by atoms with Crippen molar-refractivity contribution in [2.24, 2.45) is 0 Å². The molecule has 0 bridgehead atoms. The van der Waals surface area contributed by atoms with Crippen LogP contribution in [0.1, 0.15) is 11.4 Å².